The predicted octanol–water partition coefficient (Wildman–Crippen LogP) is 2.85. The zero-order valence-electron chi connectivity index (χ0n) is 13.8. The van der Waals surface area contributed by atoms with Crippen molar-refractivity contribution in [1.82, 2.24) is 9.97 Å². The van der Waals surface area contributed by atoms with Gasteiger partial charge in [-0.3, -0.25) is 4.79 Å². The van der Waals surface area contributed by atoms with Gasteiger partial charge in [0.15, 0.2) is 11.5 Å². The number of amides is 1. The molecule has 4 rings (SSSR count). The number of rotatable bonds is 4. The Morgan fingerprint density at radius 1 is 1.04 bits per heavy atom. The molecular weight excluding hydrogens is 320 g/mol. The van der Waals surface area contributed by atoms with Gasteiger partial charge in [0.1, 0.15) is 31.1 Å². The minimum Gasteiger partial charge on any atom is -0.486 e. The lowest BCUT2D eigenvalue weighted by molar-refractivity contribution is 0.102. The van der Waals surface area contributed by atoms with Gasteiger partial charge in [0.2, 0.25) is 0 Å². The highest BCUT2D eigenvalue weighted by atomic mass is 16.6. The van der Waals surface area contributed by atoms with Gasteiger partial charge in [0.05, 0.1) is 0 Å². The number of ether oxygens (including phenoxy) is 2. The first-order chi connectivity index (χ1) is 12.3. The van der Waals surface area contributed by atoms with Gasteiger partial charge in [-0.1, -0.05) is 12.8 Å². The van der Waals surface area contributed by atoms with Crippen molar-refractivity contribution in [3.63, 3.8) is 0 Å². The number of fused-ring (bicyclic) bond motifs is 1. The van der Waals surface area contributed by atoms with E-state index in [0.717, 1.165) is 12.8 Å². The van der Waals surface area contributed by atoms with Gasteiger partial charge in [-0.2, -0.15) is 0 Å². The second kappa shape index (κ2) is 6.96. The van der Waals surface area contributed by atoms with Crippen molar-refractivity contribution in [3.8, 4) is 11.5 Å². The number of benzene rings is 1. The van der Waals surface area contributed by atoms with Crippen LogP contribution < -0.4 is 20.1 Å². The van der Waals surface area contributed by atoms with Crippen LogP contribution in [0.4, 0.5) is 11.5 Å². The van der Waals surface area contributed by atoms with E-state index in [2.05, 4.69) is 20.6 Å². The third-order valence-corrected chi connectivity index (χ3v) is 4.41. The molecule has 1 aliphatic heterocycles. The summed E-state index contributed by atoms with van der Waals surface area (Å²) in [5.41, 5.74) is 0.962. The summed E-state index contributed by atoms with van der Waals surface area (Å²) in [6.45, 7) is 1.04. The molecule has 2 heterocycles. The topological polar surface area (TPSA) is 85.4 Å². The van der Waals surface area contributed by atoms with Crippen LogP contribution in [-0.4, -0.2) is 35.1 Å². The second-order valence-electron chi connectivity index (χ2n) is 6.23. The number of nitrogens with one attached hydrogen (secondary N) is 2. The smallest absolute Gasteiger partial charge is 0.274 e. The van der Waals surface area contributed by atoms with Gasteiger partial charge in [0, 0.05) is 23.9 Å². The van der Waals surface area contributed by atoms with Crippen LogP contribution in [0.2, 0.25) is 0 Å². The van der Waals surface area contributed by atoms with Crippen molar-refractivity contribution in [2.45, 2.75) is 31.7 Å². The molecule has 1 saturated carbocycles. The number of aromatic nitrogens is 2. The zero-order valence-corrected chi connectivity index (χ0v) is 13.8. The Morgan fingerprint density at radius 2 is 1.84 bits per heavy atom. The van der Waals surface area contributed by atoms with Crippen molar-refractivity contribution in [2.75, 3.05) is 23.8 Å². The van der Waals surface area contributed by atoms with Crippen LogP contribution in [0.1, 0.15) is 36.2 Å². The molecule has 2 aromatic rings. The molecule has 2 aliphatic rings. The minimum atomic E-state index is -0.284. The summed E-state index contributed by atoms with van der Waals surface area (Å²) >= 11 is 0. The summed E-state index contributed by atoms with van der Waals surface area (Å²) in [7, 11) is 0. The Morgan fingerprint density at radius 3 is 2.68 bits per heavy atom. The molecular formula is C18H20N4O3. The van der Waals surface area contributed by atoms with E-state index in [1.54, 1.807) is 24.3 Å². The first kappa shape index (κ1) is 15.7. The van der Waals surface area contributed by atoms with Gasteiger partial charge in [-0.25, -0.2) is 9.97 Å². The Labute approximate surface area is 145 Å². The van der Waals surface area contributed by atoms with E-state index in [1.165, 1.54) is 19.2 Å². The fourth-order valence-electron chi connectivity index (χ4n) is 3.16. The van der Waals surface area contributed by atoms with Crippen LogP contribution in [-0.2, 0) is 0 Å². The molecule has 1 aromatic carbocycles. The molecule has 130 valence electrons. The highest BCUT2D eigenvalue weighted by molar-refractivity contribution is 6.03. The van der Waals surface area contributed by atoms with E-state index in [1.807, 2.05) is 0 Å². The summed E-state index contributed by atoms with van der Waals surface area (Å²) in [4.78, 5) is 20.8. The van der Waals surface area contributed by atoms with Crippen molar-refractivity contribution < 1.29 is 14.3 Å². The van der Waals surface area contributed by atoms with Crippen molar-refractivity contribution >= 4 is 17.4 Å². The number of carbonyl (C=O) groups is 1. The Kier molecular flexibility index (Phi) is 4.37. The van der Waals surface area contributed by atoms with E-state index in [4.69, 9.17) is 9.47 Å². The molecule has 7 heteroatoms. The molecule has 25 heavy (non-hydrogen) atoms. The molecule has 0 unspecified atom stereocenters. The summed E-state index contributed by atoms with van der Waals surface area (Å²) in [6, 6.07) is 7.45. The monoisotopic (exact) mass is 340 g/mol. The van der Waals surface area contributed by atoms with Gasteiger partial charge in [-0.05, 0) is 25.0 Å². The fraction of sp³-hybridized carbons (Fsp3) is 0.389. The van der Waals surface area contributed by atoms with Crippen LogP contribution in [0, 0.1) is 0 Å². The number of nitrogens with zero attached hydrogens (tertiary/aromatic N) is 2. The maximum atomic E-state index is 12.5. The van der Waals surface area contributed by atoms with Crippen LogP contribution in [0.5, 0.6) is 11.5 Å². The standard InChI is InChI=1S/C18H20N4O3/c23-18(22-13-5-6-15-16(9-13)25-8-7-24-15)14-10-17(20-11-19-14)21-12-3-1-2-4-12/h5-6,9-12H,1-4,7-8H2,(H,22,23)(H,19,20,21). The maximum Gasteiger partial charge on any atom is 0.274 e. The molecule has 1 fully saturated rings. The highest BCUT2D eigenvalue weighted by Gasteiger charge is 2.17. The molecule has 0 atom stereocenters. The number of anilines is 2. The fourth-order valence-corrected chi connectivity index (χ4v) is 3.16. The molecule has 0 bridgehead atoms. The molecule has 1 amide bonds. The molecule has 2 N–H and O–H groups in total. The average molecular weight is 340 g/mol. The summed E-state index contributed by atoms with van der Waals surface area (Å²) in [5.74, 6) is 1.73. The molecule has 0 spiro atoms. The summed E-state index contributed by atoms with van der Waals surface area (Å²) in [6.07, 6.45) is 6.17. The third kappa shape index (κ3) is 3.65. The van der Waals surface area contributed by atoms with Gasteiger partial charge >= 0.3 is 0 Å². The average Bonchev–Trinajstić information content (AvgIpc) is 3.15. The SMILES string of the molecule is O=C(Nc1ccc2c(c1)OCCO2)c1cc(NC2CCCC2)ncn1. The van der Waals surface area contributed by atoms with E-state index >= 15 is 0 Å². The third-order valence-electron chi connectivity index (χ3n) is 4.41. The normalized spacial score (nSPS) is 16.5. The highest BCUT2D eigenvalue weighted by Crippen LogP contribution is 2.32. The van der Waals surface area contributed by atoms with Crippen LogP contribution in [0.3, 0.4) is 0 Å². The lowest BCUT2D eigenvalue weighted by Crippen LogP contribution is -2.18. The minimum absolute atomic E-state index is 0.284. The first-order valence-electron chi connectivity index (χ1n) is 8.57. The Hall–Kier alpha value is -2.83. The lowest BCUT2D eigenvalue weighted by Gasteiger charge is -2.19. The summed E-state index contributed by atoms with van der Waals surface area (Å²) in [5, 5.41) is 6.21. The van der Waals surface area contributed by atoms with E-state index < -0.39 is 0 Å². The van der Waals surface area contributed by atoms with Crippen LogP contribution in [0.15, 0.2) is 30.6 Å². The molecule has 0 saturated heterocycles. The molecule has 7 nitrogen and oxygen atoms in total. The van der Waals surface area contributed by atoms with Gasteiger partial charge in [-0.15, -0.1) is 0 Å². The number of hydrogen-bond acceptors (Lipinski definition) is 6. The molecule has 1 aromatic heterocycles. The first-order valence-corrected chi connectivity index (χ1v) is 8.57. The Balaban J connectivity index is 1.45. The molecule has 0 radical (unpaired) electrons. The van der Waals surface area contributed by atoms with Crippen molar-refractivity contribution in [1.29, 1.82) is 0 Å². The second-order valence-corrected chi connectivity index (χ2v) is 6.23. The number of hydrogen-bond donors (Lipinski definition) is 2. The zero-order chi connectivity index (χ0) is 17.1. The van der Waals surface area contributed by atoms with Crippen LogP contribution >= 0.6 is 0 Å². The summed E-state index contributed by atoms with van der Waals surface area (Å²) < 4.78 is 11.0. The molecule has 1 aliphatic carbocycles. The van der Waals surface area contributed by atoms with Gasteiger partial charge < -0.3 is 20.1 Å². The van der Waals surface area contributed by atoms with Crippen molar-refractivity contribution in [2.24, 2.45) is 0 Å². The quantitative estimate of drug-likeness (QED) is 0.890. The number of carbonyl (C=O) groups excluding carboxylic acids is 1. The van der Waals surface area contributed by atoms with Crippen LogP contribution in [0.25, 0.3) is 0 Å². The van der Waals surface area contributed by atoms with E-state index in [-0.39, 0.29) is 5.91 Å². The Bertz CT molecular complexity index is 775. The lowest BCUT2D eigenvalue weighted by atomic mass is 10.2. The van der Waals surface area contributed by atoms with E-state index in [0.29, 0.717) is 48.0 Å². The largest absolute Gasteiger partial charge is 0.486 e. The maximum absolute atomic E-state index is 12.5. The van der Waals surface area contributed by atoms with Gasteiger partial charge in [0.25, 0.3) is 5.91 Å². The predicted molar refractivity (Wildman–Crippen MR) is 93.3 cm³/mol. The van der Waals surface area contributed by atoms with E-state index in [9.17, 15) is 4.79 Å². The van der Waals surface area contributed by atoms with Crippen molar-refractivity contribution in [3.05, 3.63) is 36.3 Å².